The molecule has 2 rings (SSSR count). The predicted molar refractivity (Wildman–Crippen MR) is 54.0 cm³/mol. The summed E-state index contributed by atoms with van der Waals surface area (Å²) in [5.41, 5.74) is 1.20. The van der Waals surface area contributed by atoms with E-state index in [2.05, 4.69) is 12.1 Å². The summed E-state index contributed by atoms with van der Waals surface area (Å²) in [5, 5.41) is 0.135. The maximum absolute atomic E-state index is 6.19. The summed E-state index contributed by atoms with van der Waals surface area (Å²) in [5.74, 6) is 0. The first-order valence-corrected chi connectivity index (χ1v) is 5.12. The molecule has 1 aromatic rings. The lowest BCUT2D eigenvalue weighted by molar-refractivity contribution is 0.0184. The van der Waals surface area contributed by atoms with E-state index < -0.39 is 0 Å². The van der Waals surface area contributed by atoms with Crippen LogP contribution in [0.4, 0.5) is 0 Å². The molecule has 0 spiro atoms. The van der Waals surface area contributed by atoms with Gasteiger partial charge in [0.15, 0.2) is 0 Å². The number of rotatable bonds is 1. The zero-order chi connectivity index (χ0) is 9.10. The molecule has 0 saturated carbocycles. The summed E-state index contributed by atoms with van der Waals surface area (Å²) in [6.45, 7) is 0.836. The molecule has 0 amide bonds. The largest absolute Gasteiger partial charge is 0.372 e. The van der Waals surface area contributed by atoms with Crippen LogP contribution in [0.5, 0.6) is 0 Å². The Kier molecular flexibility index (Phi) is 2.87. The number of hydrogen-bond donors (Lipinski definition) is 0. The topological polar surface area (TPSA) is 9.23 Å². The van der Waals surface area contributed by atoms with Gasteiger partial charge in [0.1, 0.15) is 0 Å². The van der Waals surface area contributed by atoms with Gasteiger partial charge in [-0.15, -0.1) is 11.6 Å². The van der Waals surface area contributed by atoms with Gasteiger partial charge >= 0.3 is 0 Å². The minimum Gasteiger partial charge on any atom is -0.372 e. The Bertz CT molecular complexity index is 260. The van der Waals surface area contributed by atoms with Gasteiger partial charge in [-0.25, -0.2) is 0 Å². The van der Waals surface area contributed by atoms with Crippen molar-refractivity contribution in [2.24, 2.45) is 0 Å². The van der Waals surface area contributed by atoms with Gasteiger partial charge in [-0.05, 0) is 18.4 Å². The van der Waals surface area contributed by atoms with E-state index in [1.165, 1.54) is 5.56 Å². The number of ether oxygens (including phenoxy) is 1. The van der Waals surface area contributed by atoms with Crippen LogP contribution in [0.15, 0.2) is 30.3 Å². The molecule has 0 aromatic heterocycles. The second-order valence-electron chi connectivity index (χ2n) is 3.36. The van der Waals surface area contributed by atoms with E-state index >= 15 is 0 Å². The van der Waals surface area contributed by atoms with Crippen molar-refractivity contribution in [3.63, 3.8) is 0 Å². The maximum atomic E-state index is 6.19. The first kappa shape index (κ1) is 9.04. The SMILES string of the molecule is ClC1CCCOC1c1ccccc1. The molecule has 0 bridgehead atoms. The zero-order valence-electron chi connectivity index (χ0n) is 7.45. The lowest BCUT2D eigenvalue weighted by Gasteiger charge is -2.27. The van der Waals surface area contributed by atoms with Crippen molar-refractivity contribution < 1.29 is 4.74 Å². The monoisotopic (exact) mass is 196 g/mol. The molecule has 1 nitrogen and oxygen atoms in total. The average molecular weight is 197 g/mol. The Hall–Kier alpha value is -0.530. The molecule has 1 saturated heterocycles. The first-order valence-electron chi connectivity index (χ1n) is 4.68. The van der Waals surface area contributed by atoms with Gasteiger partial charge in [0.05, 0.1) is 11.5 Å². The molecule has 1 aliphatic rings. The predicted octanol–water partition coefficient (Wildman–Crippen LogP) is 3.15. The van der Waals surface area contributed by atoms with Gasteiger partial charge < -0.3 is 4.74 Å². The number of benzene rings is 1. The van der Waals surface area contributed by atoms with E-state index in [1.807, 2.05) is 18.2 Å². The van der Waals surface area contributed by atoms with Crippen LogP contribution in [-0.4, -0.2) is 12.0 Å². The second kappa shape index (κ2) is 4.12. The van der Waals surface area contributed by atoms with Crippen LogP contribution in [0.2, 0.25) is 0 Å². The molecule has 0 aliphatic carbocycles. The molecule has 1 aliphatic heterocycles. The van der Waals surface area contributed by atoms with E-state index in [-0.39, 0.29) is 11.5 Å². The van der Waals surface area contributed by atoms with Crippen molar-refractivity contribution in [2.45, 2.75) is 24.3 Å². The molecule has 1 fully saturated rings. The van der Waals surface area contributed by atoms with Crippen LogP contribution < -0.4 is 0 Å². The standard InChI is InChI=1S/C11H13ClO/c12-10-7-4-8-13-11(10)9-5-2-1-3-6-9/h1-3,5-6,10-11H,4,7-8H2. The molecule has 13 heavy (non-hydrogen) atoms. The highest BCUT2D eigenvalue weighted by molar-refractivity contribution is 6.21. The fourth-order valence-electron chi connectivity index (χ4n) is 1.69. The molecule has 0 radical (unpaired) electrons. The van der Waals surface area contributed by atoms with Crippen LogP contribution in [0.1, 0.15) is 24.5 Å². The molecule has 0 N–H and O–H groups in total. The van der Waals surface area contributed by atoms with Gasteiger partial charge in [-0.3, -0.25) is 0 Å². The quantitative estimate of drug-likeness (QED) is 0.627. The van der Waals surface area contributed by atoms with Crippen molar-refractivity contribution in [1.29, 1.82) is 0 Å². The Morgan fingerprint density at radius 2 is 2.00 bits per heavy atom. The van der Waals surface area contributed by atoms with Crippen LogP contribution in [0.25, 0.3) is 0 Å². The Morgan fingerprint density at radius 3 is 2.69 bits per heavy atom. The number of alkyl halides is 1. The van der Waals surface area contributed by atoms with Crippen molar-refractivity contribution in [2.75, 3.05) is 6.61 Å². The molecule has 1 aromatic carbocycles. The third-order valence-electron chi connectivity index (χ3n) is 2.38. The summed E-state index contributed by atoms with van der Waals surface area (Å²) in [4.78, 5) is 0. The van der Waals surface area contributed by atoms with E-state index in [0.29, 0.717) is 0 Å². The van der Waals surface area contributed by atoms with Gasteiger partial charge in [-0.1, -0.05) is 30.3 Å². The van der Waals surface area contributed by atoms with Crippen LogP contribution in [-0.2, 0) is 4.74 Å². The summed E-state index contributed by atoms with van der Waals surface area (Å²) in [6.07, 6.45) is 2.23. The van der Waals surface area contributed by atoms with Crippen LogP contribution in [0.3, 0.4) is 0 Å². The molecule has 2 heteroatoms. The summed E-state index contributed by atoms with van der Waals surface area (Å²) in [6, 6.07) is 10.2. The van der Waals surface area contributed by atoms with E-state index in [9.17, 15) is 0 Å². The van der Waals surface area contributed by atoms with Crippen LogP contribution in [0, 0.1) is 0 Å². The minimum atomic E-state index is 0.0941. The van der Waals surface area contributed by atoms with Crippen molar-refractivity contribution in [1.82, 2.24) is 0 Å². The lowest BCUT2D eigenvalue weighted by Crippen LogP contribution is -2.22. The zero-order valence-corrected chi connectivity index (χ0v) is 8.20. The molecular formula is C11H13ClO. The van der Waals surface area contributed by atoms with Gasteiger partial charge in [0, 0.05) is 6.61 Å². The summed E-state index contributed by atoms with van der Waals surface area (Å²) in [7, 11) is 0. The highest BCUT2D eigenvalue weighted by Gasteiger charge is 2.24. The lowest BCUT2D eigenvalue weighted by atomic mass is 10.0. The molecule has 2 atom stereocenters. The Labute approximate surface area is 83.7 Å². The van der Waals surface area contributed by atoms with E-state index in [1.54, 1.807) is 0 Å². The fourth-order valence-corrected chi connectivity index (χ4v) is 2.06. The van der Waals surface area contributed by atoms with Gasteiger partial charge in [0.25, 0.3) is 0 Å². The molecule has 70 valence electrons. The summed E-state index contributed by atoms with van der Waals surface area (Å²) < 4.78 is 5.64. The van der Waals surface area contributed by atoms with Crippen molar-refractivity contribution in [3.8, 4) is 0 Å². The van der Waals surface area contributed by atoms with Crippen molar-refractivity contribution in [3.05, 3.63) is 35.9 Å². The van der Waals surface area contributed by atoms with Crippen molar-refractivity contribution >= 4 is 11.6 Å². The molecule has 1 heterocycles. The first-order chi connectivity index (χ1) is 6.38. The fraction of sp³-hybridized carbons (Fsp3) is 0.455. The summed E-state index contributed by atoms with van der Waals surface area (Å²) >= 11 is 6.19. The highest BCUT2D eigenvalue weighted by atomic mass is 35.5. The third kappa shape index (κ3) is 2.04. The minimum absolute atomic E-state index is 0.0941. The number of halogens is 1. The normalized spacial score (nSPS) is 28.7. The van der Waals surface area contributed by atoms with Crippen LogP contribution >= 0.6 is 11.6 Å². The van der Waals surface area contributed by atoms with Gasteiger partial charge in [0.2, 0.25) is 0 Å². The average Bonchev–Trinajstić information content (AvgIpc) is 2.20. The third-order valence-corrected chi connectivity index (χ3v) is 2.83. The van der Waals surface area contributed by atoms with Gasteiger partial charge in [-0.2, -0.15) is 0 Å². The Balaban J connectivity index is 2.15. The van der Waals surface area contributed by atoms with E-state index in [4.69, 9.17) is 16.3 Å². The number of hydrogen-bond acceptors (Lipinski definition) is 1. The highest BCUT2D eigenvalue weighted by Crippen LogP contribution is 2.31. The maximum Gasteiger partial charge on any atom is 0.0988 e. The van der Waals surface area contributed by atoms with E-state index in [0.717, 1.165) is 19.4 Å². The second-order valence-corrected chi connectivity index (χ2v) is 3.92. The Morgan fingerprint density at radius 1 is 1.23 bits per heavy atom. The smallest absolute Gasteiger partial charge is 0.0988 e. The molecular weight excluding hydrogens is 184 g/mol. The molecule has 2 unspecified atom stereocenters.